The van der Waals surface area contributed by atoms with Crippen molar-refractivity contribution in [2.24, 2.45) is 5.84 Å². The fraction of sp³-hybridized carbons (Fsp3) is 0.692. The summed E-state index contributed by atoms with van der Waals surface area (Å²) in [6, 6.07) is 2.37. The van der Waals surface area contributed by atoms with Gasteiger partial charge in [-0.05, 0) is 32.9 Å². The monoisotopic (exact) mass is 265 g/mol. The summed E-state index contributed by atoms with van der Waals surface area (Å²) in [6.45, 7) is 3.88. The standard InChI is InChI=1S/C13H23N5O/c1-3-11-15-12(17-14)9-13(16-11)19-8-6-10-5-4-7-18(10)2/h9-10H,3-8,14H2,1-2H3,(H,15,16,17). The number of nitrogens with two attached hydrogens (primary N) is 1. The molecule has 19 heavy (non-hydrogen) atoms. The lowest BCUT2D eigenvalue weighted by Gasteiger charge is -2.19. The molecule has 0 bridgehead atoms. The molecule has 2 heterocycles. The molecule has 1 atom stereocenters. The van der Waals surface area contributed by atoms with E-state index in [0.29, 0.717) is 24.3 Å². The van der Waals surface area contributed by atoms with Crippen LogP contribution < -0.4 is 16.0 Å². The van der Waals surface area contributed by atoms with Gasteiger partial charge in [0.1, 0.15) is 11.6 Å². The van der Waals surface area contributed by atoms with Gasteiger partial charge in [-0.15, -0.1) is 0 Å². The SMILES string of the molecule is CCc1nc(NN)cc(OCCC2CCCN2C)n1. The van der Waals surface area contributed by atoms with Crippen LogP contribution in [0.2, 0.25) is 0 Å². The Hall–Kier alpha value is -1.40. The minimum Gasteiger partial charge on any atom is -0.477 e. The van der Waals surface area contributed by atoms with Crippen molar-refractivity contribution in [1.29, 1.82) is 0 Å². The molecule has 1 aromatic heterocycles. The second-order valence-corrected chi connectivity index (χ2v) is 4.92. The maximum atomic E-state index is 5.73. The molecule has 2 rings (SSSR count). The Kier molecular flexibility index (Phi) is 4.93. The highest BCUT2D eigenvalue weighted by Gasteiger charge is 2.20. The van der Waals surface area contributed by atoms with E-state index in [-0.39, 0.29) is 0 Å². The summed E-state index contributed by atoms with van der Waals surface area (Å²) >= 11 is 0. The van der Waals surface area contributed by atoms with Gasteiger partial charge in [-0.25, -0.2) is 10.8 Å². The zero-order valence-electron chi connectivity index (χ0n) is 11.7. The van der Waals surface area contributed by atoms with E-state index in [1.807, 2.05) is 6.92 Å². The topological polar surface area (TPSA) is 76.3 Å². The number of likely N-dealkylation sites (tertiary alicyclic amines) is 1. The molecular formula is C13H23N5O. The highest BCUT2D eigenvalue weighted by Crippen LogP contribution is 2.19. The molecule has 6 heteroatoms. The summed E-state index contributed by atoms with van der Waals surface area (Å²) in [5, 5.41) is 0. The first-order valence-electron chi connectivity index (χ1n) is 6.90. The lowest BCUT2D eigenvalue weighted by molar-refractivity contribution is 0.228. The van der Waals surface area contributed by atoms with Crippen molar-refractivity contribution in [3.8, 4) is 5.88 Å². The predicted octanol–water partition coefficient (Wildman–Crippen LogP) is 1.19. The fourth-order valence-corrected chi connectivity index (χ4v) is 2.42. The Labute approximate surface area is 114 Å². The number of ether oxygens (including phenoxy) is 1. The van der Waals surface area contributed by atoms with Crippen LogP contribution in [0.5, 0.6) is 5.88 Å². The highest BCUT2D eigenvalue weighted by atomic mass is 16.5. The summed E-state index contributed by atoms with van der Waals surface area (Å²) in [6.07, 6.45) is 4.35. The van der Waals surface area contributed by atoms with Gasteiger partial charge in [0, 0.05) is 18.5 Å². The van der Waals surface area contributed by atoms with Crippen molar-refractivity contribution in [2.75, 3.05) is 25.6 Å². The van der Waals surface area contributed by atoms with Gasteiger partial charge >= 0.3 is 0 Å². The van der Waals surface area contributed by atoms with E-state index in [2.05, 4.69) is 27.3 Å². The van der Waals surface area contributed by atoms with Crippen LogP contribution in [-0.2, 0) is 6.42 Å². The fourth-order valence-electron chi connectivity index (χ4n) is 2.42. The Morgan fingerprint density at radius 3 is 3.00 bits per heavy atom. The van der Waals surface area contributed by atoms with Crippen LogP contribution in [0.1, 0.15) is 32.0 Å². The minimum atomic E-state index is 0.597. The van der Waals surface area contributed by atoms with Gasteiger partial charge in [0.05, 0.1) is 6.61 Å². The number of rotatable bonds is 6. The van der Waals surface area contributed by atoms with Gasteiger partial charge in [0.15, 0.2) is 0 Å². The molecule has 1 unspecified atom stereocenters. The van der Waals surface area contributed by atoms with E-state index in [1.165, 1.54) is 19.4 Å². The Morgan fingerprint density at radius 2 is 2.37 bits per heavy atom. The third kappa shape index (κ3) is 3.78. The molecule has 1 aromatic rings. The molecule has 1 saturated heterocycles. The zero-order chi connectivity index (χ0) is 13.7. The Morgan fingerprint density at radius 1 is 1.53 bits per heavy atom. The van der Waals surface area contributed by atoms with E-state index in [4.69, 9.17) is 10.6 Å². The molecule has 0 aromatic carbocycles. The number of aromatic nitrogens is 2. The quantitative estimate of drug-likeness (QED) is 0.594. The van der Waals surface area contributed by atoms with Crippen LogP contribution in [0.15, 0.2) is 6.07 Å². The molecular weight excluding hydrogens is 242 g/mol. The van der Waals surface area contributed by atoms with Crippen LogP contribution in [0.3, 0.4) is 0 Å². The Bertz CT molecular complexity index is 390. The summed E-state index contributed by atoms with van der Waals surface area (Å²) in [5.74, 6) is 7.32. The summed E-state index contributed by atoms with van der Waals surface area (Å²) < 4.78 is 5.73. The van der Waals surface area contributed by atoms with E-state index < -0.39 is 0 Å². The average Bonchev–Trinajstić information content (AvgIpc) is 2.84. The highest BCUT2D eigenvalue weighted by molar-refractivity contribution is 5.36. The van der Waals surface area contributed by atoms with Gasteiger partial charge < -0.3 is 15.1 Å². The third-order valence-corrected chi connectivity index (χ3v) is 3.59. The molecule has 1 fully saturated rings. The first kappa shape index (κ1) is 14.0. The normalized spacial score (nSPS) is 19.6. The average molecular weight is 265 g/mol. The van der Waals surface area contributed by atoms with Crippen LogP contribution >= 0.6 is 0 Å². The molecule has 106 valence electrons. The van der Waals surface area contributed by atoms with Crippen molar-refractivity contribution < 1.29 is 4.74 Å². The molecule has 0 radical (unpaired) electrons. The van der Waals surface area contributed by atoms with Crippen LogP contribution in [0, 0.1) is 0 Å². The summed E-state index contributed by atoms with van der Waals surface area (Å²) in [4.78, 5) is 11.0. The van der Waals surface area contributed by atoms with E-state index in [0.717, 1.165) is 18.7 Å². The number of hydrogen-bond acceptors (Lipinski definition) is 6. The van der Waals surface area contributed by atoms with Gasteiger partial charge in [0.2, 0.25) is 5.88 Å². The van der Waals surface area contributed by atoms with Gasteiger partial charge in [-0.3, -0.25) is 0 Å². The second-order valence-electron chi connectivity index (χ2n) is 4.92. The molecule has 3 N–H and O–H groups in total. The number of nitrogens with zero attached hydrogens (tertiary/aromatic N) is 3. The number of hydrazine groups is 1. The third-order valence-electron chi connectivity index (χ3n) is 3.59. The molecule has 0 saturated carbocycles. The van der Waals surface area contributed by atoms with Crippen molar-refractivity contribution in [3.63, 3.8) is 0 Å². The summed E-state index contributed by atoms with van der Waals surface area (Å²) in [7, 11) is 2.17. The predicted molar refractivity (Wildman–Crippen MR) is 75.0 cm³/mol. The van der Waals surface area contributed by atoms with Crippen molar-refractivity contribution in [2.45, 2.75) is 38.6 Å². The maximum absolute atomic E-state index is 5.73. The molecule has 0 amide bonds. The first-order chi connectivity index (χ1) is 9.22. The molecule has 0 spiro atoms. The van der Waals surface area contributed by atoms with Gasteiger partial charge in [-0.2, -0.15) is 4.98 Å². The smallest absolute Gasteiger partial charge is 0.218 e. The van der Waals surface area contributed by atoms with Crippen molar-refractivity contribution in [3.05, 3.63) is 11.9 Å². The molecule has 1 aliphatic rings. The molecule has 6 nitrogen and oxygen atoms in total. The number of hydrogen-bond donors (Lipinski definition) is 2. The number of anilines is 1. The first-order valence-corrected chi connectivity index (χ1v) is 6.90. The number of aryl methyl sites for hydroxylation is 1. The Balaban J connectivity index is 1.88. The van der Waals surface area contributed by atoms with Crippen LogP contribution in [-0.4, -0.2) is 41.1 Å². The lowest BCUT2D eigenvalue weighted by Crippen LogP contribution is -2.26. The van der Waals surface area contributed by atoms with Crippen molar-refractivity contribution >= 4 is 5.82 Å². The van der Waals surface area contributed by atoms with Crippen LogP contribution in [0.4, 0.5) is 5.82 Å². The van der Waals surface area contributed by atoms with Crippen LogP contribution in [0.25, 0.3) is 0 Å². The molecule has 1 aliphatic heterocycles. The van der Waals surface area contributed by atoms with Gasteiger partial charge in [-0.1, -0.05) is 6.92 Å². The minimum absolute atomic E-state index is 0.597. The van der Waals surface area contributed by atoms with Gasteiger partial charge in [0.25, 0.3) is 0 Å². The van der Waals surface area contributed by atoms with E-state index in [1.54, 1.807) is 6.07 Å². The largest absolute Gasteiger partial charge is 0.477 e. The number of nitrogen functional groups attached to an aromatic ring is 1. The number of nitrogens with one attached hydrogen (secondary N) is 1. The van der Waals surface area contributed by atoms with E-state index >= 15 is 0 Å². The van der Waals surface area contributed by atoms with E-state index in [9.17, 15) is 0 Å². The second kappa shape index (κ2) is 6.68. The lowest BCUT2D eigenvalue weighted by atomic mass is 10.1. The zero-order valence-corrected chi connectivity index (χ0v) is 11.7. The molecule has 0 aliphatic carbocycles. The summed E-state index contributed by atoms with van der Waals surface area (Å²) in [5.41, 5.74) is 2.54. The maximum Gasteiger partial charge on any atom is 0.218 e. The van der Waals surface area contributed by atoms with Crippen molar-refractivity contribution in [1.82, 2.24) is 14.9 Å².